The first kappa shape index (κ1) is 15.3. The van der Waals surface area contributed by atoms with E-state index in [1.807, 2.05) is 0 Å². The Morgan fingerprint density at radius 2 is 1.89 bits per heavy atom. The van der Waals surface area contributed by atoms with E-state index in [0.29, 0.717) is 6.04 Å². The lowest BCUT2D eigenvalue weighted by Crippen LogP contribution is -2.58. The molecular formula is C17H34N2. The lowest BCUT2D eigenvalue weighted by atomic mass is 9.82. The monoisotopic (exact) mass is 266 g/mol. The van der Waals surface area contributed by atoms with Crippen LogP contribution in [0.5, 0.6) is 0 Å². The Balaban J connectivity index is 1.86. The summed E-state index contributed by atoms with van der Waals surface area (Å²) in [7, 11) is 0. The Morgan fingerprint density at radius 1 is 1.16 bits per heavy atom. The number of piperazine rings is 1. The van der Waals surface area contributed by atoms with Crippen molar-refractivity contribution in [2.45, 2.75) is 77.8 Å². The van der Waals surface area contributed by atoms with Crippen molar-refractivity contribution in [1.29, 1.82) is 0 Å². The highest BCUT2D eigenvalue weighted by Crippen LogP contribution is 2.30. The fourth-order valence-electron chi connectivity index (χ4n) is 3.95. The molecule has 2 unspecified atom stereocenters. The number of rotatable bonds is 5. The molecule has 19 heavy (non-hydrogen) atoms. The van der Waals surface area contributed by atoms with Crippen molar-refractivity contribution in [3.63, 3.8) is 0 Å². The lowest BCUT2D eigenvalue weighted by molar-refractivity contribution is 0.0731. The average Bonchev–Trinajstić information content (AvgIpc) is 2.39. The van der Waals surface area contributed by atoms with Gasteiger partial charge in [-0.25, -0.2) is 0 Å². The largest absolute Gasteiger partial charge is 0.311 e. The molecule has 0 spiro atoms. The van der Waals surface area contributed by atoms with Crippen LogP contribution in [0, 0.1) is 11.8 Å². The van der Waals surface area contributed by atoms with Crippen molar-refractivity contribution >= 4 is 0 Å². The molecule has 1 aliphatic carbocycles. The molecule has 1 saturated carbocycles. The van der Waals surface area contributed by atoms with E-state index in [1.165, 1.54) is 64.6 Å². The first-order valence-corrected chi connectivity index (χ1v) is 8.64. The summed E-state index contributed by atoms with van der Waals surface area (Å²) in [5, 5.41) is 3.72. The Kier molecular flexibility index (Phi) is 6.15. The van der Waals surface area contributed by atoms with Crippen molar-refractivity contribution in [2.24, 2.45) is 11.8 Å². The van der Waals surface area contributed by atoms with Gasteiger partial charge < -0.3 is 5.32 Å². The molecule has 2 nitrogen and oxygen atoms in total. The second kappa shape index (κ2) is 7.64. The summed E-state index contributed by atoms with van der Waals surface area (Å²) in [4.78, 5) is 2.82. The first-order valence-electron chi connectivity index (χ1n) is 8.64. The third-order valence-electron chi connectivity index (χ3n) is 5.07. The normalized spacial score (nSPS) is 30.9. The minimum atomic E-state index is 0.680. The highest BCUT2D eigenvalue weighted by Gasteiger charge is 2.32. The lowest BCUT2D eigenvalue weighted by Gasteiger charge is -2.44. The molecule has 1 saturated heterocycles. The molecule has 112 valence electrons. The molecule has 0 aromatic carbocycles. The standard InChI is InChI=1S/C17H34N2/c1-14(2)8-7-11-19-13-15(3)18-12-17(19)16-9-5-4-6-10-16/h14-18H,4-13H2,1-3H3. The molecule has 0 aromatic heterocycles. The molecule has 1 aliphatic heterocycles. The van der Waals surface area contributed by atoms with E-state index >= 15 is 0 Å². The number of nitrogens with zero attached hydrogens (tertiary/aromatic N) is 1. The first-order chi connectivity index (χ1) is 9.16. The molecule has 0 bridgehead atoms. The van der Waals surface area contributed by atoms with Gasteiger partial charge in [-0.05, 0) is 51.0 Å². The molecule has 0 amide bonds. The third kappa shape index (κ3) is 4.75. The van der Waals surface area contributed by atoms with Crippen LogP contribution in [-0.2, 0) is 0 Å². The fourth-order valence-corrected chi connectivity index (χ4v) is 3.95. The van der Waals surface area contributed by atoms with E-state index in [0.717, 1.165) is 17.9 Å². The number of hydrogen-bond acceptors (Lipinski definition) is 2. The second-order valence-electron chi connectivity index (χ2n) is 7.31. The maximum absolute atomic E-state index is 3.72. The van der Waals surface area contributed by atoms with E-state index < -0.39 is 0 Å². The predicted octanol–water partition coefficient (Wildman–Crippen LogP) is 3.67. The Labute approximate surface area is 120 Å². The van der Waals surface area contributed by atoms with E-state index in [2.05, 4.69) is 31.0 Å². The van der Waals surface area contributed by atoms with Crippen molar-refractivity contribution in [3.8, 4) is 0 Å². The maximum atomic E-state index is 3.72. The maximum Gasteiger partial charge on any atom is 0.0249 e. The highest BCUT2D eigenvalue weighted by molar-refractivity contribution is 4.89. The van der Waals surface area contributed by atoms with Crippen LogP contribution in [0.3, 0.4) is 0 Å². The van der Waals surface area contributed by atoms with Crippen molar-refractivity contribution < 1.29 is 0 Å². The van der Waals surface area contributed by atoms with Crippen LogP contribution in [0.2, 0.25) is 0 Å². The molecule has 2 aliphatic rings. The van der Waals surface area contributed by atoms with Gasteiger partial charge in [-0.3, -0.25) is 4.90 Å². The van der Waals surface area contributed by atoms with E-state index in [-0.39, 0.29) is 0 Å². The second-order valence-corrected chi connectivity index (χ2v) is 7.31. The van der Waals surface area contributed by atoms with Crippen LogP contribution >= 0.6 is 0 Å². The van der Waals surface area contributed by atoms with Crippen LogP contribution in [-0.4, -0.2) is 36.6 Å². The molecule has 1 N–H and O–H groups in total. The fraction of sp³-hybridized carbons (Fsp3) is 1.00. The summed E-state index contributed by atoms with van der Waals surface area (Å²) in [6, 6.07) is 1.50. The Morgan fingerprint density at radius 3 is 2.58 bits per heavy atom. The van der Waals surface area contributed by atoms with Gasteiger partial charge in [0.05, 0.1) is 0 Å². The minimum absolute atomic E-state index is 0.680. The van der Waals surface area contributed by atoms with Gasteiger partial charge in [0.15, 0.2) is 0 Å². The van der Waals surface area contributed by atoms with Crippen LogP contribution in [0.15, 0.2) is 0 Å². The van der Waals surface area contributed by atoms with E-state index in [9.17, 15) is 0 Å². The highest BCUT2D eigenvalue weighted by atomic mass is 15.2. The SMILES string of the molecule is CC(C)CCCN1CC(C)NCC1C1CCCCC1. The topological polar surface area (TPSA) is 15.3 Å². The van der Waals surface area contributed by atoms with Crippen LogP contribution in [0.4, 0.5) is 0 Å². The van der Waals surface area contributed by atoms with Gasteiger partial charge >= 0.3 is 0 Å². The van der Waals surface area contributed by atoms with Crippen molar-refractivity contribution in [3.05, 3.63) is 0 Å². The van der Waals surface area contributed by atoms with Gasteiger partial charge in [-0.15, -0.1) is 0 Å². The molecule has 0 radical (unpaired) electrons. The van der Waals surface area contributed by atoms with Crippen molar-refractivity contribution in [2.75, 3.05) is 19.6 Å². The average molecular weight is 266 g/mol. The summed E-state index contributed by atoms with van der Waals surface area (Å²) in [5.41, 5.74) is 0. The van der Waals surface area contributed by atoms with Gasteiger partial charge in [0, 0.05) is 25.2 Å². The summed E-state index contributed by atoms with van der Waals surface area (Å²) >= 11 is 0. The third-order valence-corrected chi connectivity index (χ3v) is 5.07. The van der Waals surface area contributed by atoms with Gasteiger partial charge in [-0.2, -0.15) is 0 Å². The van der Waals surface area contributed by atoms with E-state index in [4.69, 9.17) is 0 Å². The van der Waals surface area contributed by atoms with Crippen LogP contribution < -0.4 is 5.32 Å². The number of hydrogen-bond donors (Lipinski definition) is 1. The molecule has 0 aromatic rings. The van der Waals surface area contributed by atoms with Gasteiger partial charge in [0.2, 0.25) is 0 Å². The van der Waals surface area contributed by atoms with Gasteiger partial charge in [0.1, 0.15) is 0 Å². The summed E-state index contributed by atoms with van der Waals surface area (Å²) < 4.78 is 0. The predicted molar refractivity (Wildman–Crippen MR) is 83.5 cm³/mol. The Bertz CT molecular complexity index is 246. The molecule has 2 heteroatoms. The number of nitrogens with one attached hydrogen (secondary N) is 1. The zero-order valence-corrected chi connectivity index (χ0v) is 13.3. The molecule has 2 fully saturated rings. The smallest absolute Gasteiger partial charge is 0.0249 e. The zero-order valence-electron chi connectivity index (χ0n) is 13.3. The molecular weight excluding hydrogens is 232 g/mol. The molecule has 1 heterocycles. The molecule has 2 atom stereocenters. The molecule has 2 rings (SSSR count). The van der Waals surface area contributed by atoms with Crippen molar-refractivity contribution in [1.82, 2.24) is 10.2 Å². The minimum Gasteiger partial charge on any atom is -0.311 e. The zero-order chi connectivity index (χ0) is 13.7. The van der Waals surface area contributed by atoms with Gasteiger partial charge in [0.25, 0.3) is 0 Å². The van der Waals surface area contributed by atoms with Crippen LogP contribution in [0.1, 0.15) is 65.7 Å². The summed E-state index contributed by atoms with van der Waals surface area (Å²) in [6.45, 7) is 10.8. The van der Waals surface area contributed by atoms with E-state index in [1.54, 1.807) is 0 Å². The van der Waals surface area contributed by atoms with Crippen LogP contribution in [0.25, 0.3) is 0 Å². The Hall–Kier alpha value is -0.0800. The quantitative estimate of drug-likeness (QED) is 0.817. The summed E-state index contributed by atoms with van der Waals surface area (Å²) in [5.74, 6) is 1.82. The van der Waals surface area contributed by atoms with Gasteiger partial charge in [-0.1, -0.05) is 33.1 Å². The summed E-state index contributed by atoms with van der Waals surface area (Å²) in [6.07, 6.45) is 10.1.